The summed E-state index contributed by atoms with van der Waals surface area (Å²) in [5, 5.41) is 6.93. The second kappa shape index (κ2) is 9.31. The Morgan fingerprint density at radius 3 is 2.69 bits per heavy atom. The Morgan fingerprint density at radius 2 is 1.93 bits per heavy atom. The van der Waals surface area contributed by atoms with E-state index in [1.54, 1.807) is 29.1 Å². The number of benzene rings is 2. The van der Waals surface area contributed by atoms with Gasteiger partial charge in [0.2, 0.25) is 10.0 Å². The van der Waals surface area contributed by atoms with Gasteiger partial charge in [-0.3, -0.25) is 4.79 Å². The molecule has 0 fully saturated rings. The van der Waals surface area contributed by atoms with E-state index in [1.807, 2.05) is 36.5 Å². The second-order valence-electron chi connectivity index (χ2n) is 6.30. The Labute approximate surface area is 170 Å². The Hall–Kier alpha value is -3.23. The number of para-hydroxylation sites is 1. The van der Waals surface area contributed by atoms with E-state index in [1.165, 1.54) is 12.1 Å². The molecule has 8 heteroatoms. The third-order valence-corrected chi connectivity index (χ3v) is 5.63. The predicted molar refractivity (Wildman–Crippen MR) is 111 cm³/mol. The lowest BCUT2D eigenvalue weighted by Crippen LogP contribution is -2.27. The maximum atomic E-state index is 12.6. The number of sulfonamides is 1. The molecular formula is C21H22N4O3S. The summed E-state index contributed by atoms with van der Waals surface area (Å²) in [6, 6.07) is 15.6. The summed E-state index contributed by atoms with van der Waals surface area (Å²) in [6.07, 6.45) is 5.63. The molecule has 0 bridgehead atoms. The zero-order valence-electron chi connectivity index (χ0n) is 15.8. The van der Waals surface area contributed by atoms with Crippen LogP contribution in [0.1, 0.15) is 15.9 Å². The van der Waals surface area contributed by atoms with E-state index in [0.717, 1.165) is 11.3 Å². The highest BCUT2D eigenvalue weighted by Gasteiger charge is 2.16. The van der Waals surface area contributed by atoms with Gasteiger partial charge in [-0.25, -0.2) is 17.8 Å². The number of carbonyl (C=O) groups excluding carboxylic acids is 1. The molecule has 0 saturated carbocycles. The van der Waals surface area contributed by atoms with Crippen molar-refractivity contribution in [2.24, 2.45) is 0 Å². The molecule has 0 radical (unpaired) electrons. The smallest absolute Gasteiger partial charge is 0.251 e. The molecule has 0 spiro atoms. The molecule has 3 rings (SSSR count). The van der Waals surface area contributed by atoms with Crippen molar-refractivity contribution in [3.63, 3.8) is 0 Å². The minimum atomic E-state index is -3.73. The molecule has 0 aliphatic rings. The van der Waals surface area contributed by atoms with Crippen LogP contribution < -0.4 is 10.0 Å². The van der Waals surface area contributed by atoms with E-state index in [-0.39, 0.29) is 22.9 Å². The van der Waals surface area contributed by atoms with Gasteiger partial charge in [0, 0.05) is 24.8 Å². The molecule has 1 amide bonds. The molecule has 3 aromatic rings. The highest BCUT2D eigenvalue weighted by molar-refractivity contribution is 7.89. The Morgan fingerprint density at radius 1 is 1.14 bits per heavy atom. The molecule has 150 valence electrons. The summed E-state index contributed by atoms with van der Waals surface area (Å²) in [5.41, 5.74) is 2.12. The van der Waals surface area contributed by atoms with E-state index < -0.39 is 10.0 Å². The summed E-state index contributed by atoms with van der Waals surface area (Å²) < 4.78 is 29.4. The quantitative estimate of drug-likeness (QED) is 0.530. The molecule has 1 aromatic heterocycles. The Balaban J connectivity index is 1.61. The summed E-state index contributed by atoms with van der Waals surface area (Å²) >= 11 is 0. The molecule has 0 aliphatic carbocycles. The fraction of sp³-hybridized carbons (Fsp3) is 0.143. The van der Waals surface area contributed by atoms with Crippen molar-refractivity contribution in [2.45, 2.75) is 11.3 Å². The second-order valence-corrected chi connectivity index (χ2v) is 8.07. The number of hydrogen-bond acceptors (Lipinski definition) is 4. The van der Waals surface area contributed by atoms with Gasteiger partial charge in [-0.05, 0) is 42.3 Å². The van der Waals surface area contributed by atoms with Crippen LogP contribution >= 0.6 is 0 Å². The van der Waals surface area contributed by atoms with Crippen LogP contribution in [0.15, 0.2) is 84.5 Å². The van der Waals surface area contributed by atoms with Crippen LogP contribution in [-0.4, -0.2) is 37.2 Å². The molecule has 29 heavy (non-hydrogen) atoms. The van der Waals surface area contributed by atoms with Crippen molar-refractivity contribution in [3.05, 3.63) is 90.8 Å². The van der Waals surface area contributed by atoms with Crippen molar-refractivity contribution < 1.29 is 13.2 Å². The highest BCUT2D eigenvalue weighted by Crippen LogP contribution is 2.12. The maximum Gasteiger partial charge on any atom is 0.251 e. The van der Waals surface area contributed by atoms with Gasteiger partial charge in [0.15, 0.2) is 0 Å². The summed E-state index contributed by atoms with van der Waals surface area (Å²) in [4.78, 5) is 12.1. The minimum absolute atomic E-state index is 0.0451. The van der Waals surface area contributed by atoms with Crippen LogP contribution in [0.2, 0.25) is 0 Å². The maximum absolute atomic E-state index is 12.6. The van der Waals surface area contributed by atoms with Gasteiger partial charge in [-0.15, -0.1) is 6.58 Å². The Bertz CT molecular complexity index is 1090. The topological polar surface area (TPSA) is 93.1 Å². The first-order chi connectivity index (χ1) is 14.0. The number of amides is 1. The van der Waals surface area contributed by atoms with E-state index in [0.29, 0.717) is 13.0 Å². The van der Waals surface area contributed by atoms with Crippen molar-refractivity contribution in [3.8, 4) is 5.69 Å². The van der Waals surface area contributed by atoms with Crippen molar-refractivity contribution in [1.29, 1.82) is 0 Å². The van der Waals surface area contributed by atoms with Crippen molar-refractivity contribution in [1.82, 2.24) is 19.8 Å². The fourth-order valence-electron chi connectivity index (χ4n) is 2.70. The standard InChI is InChI=1S/C21H22N4O3S/c1-2-12-22-21(26)18-7-6-10-20(14-18)29(27,28)24-13-11-17-15-23-25(16-17)19-8-4-3-5-9-19/h2-10,14-16,24H,1,11-13H2,(H,22,26). The van der Waals surface area contributed by atoms with Crippen LogP contribution in [0.25, 0.3) is 5.69 Å². The largest absolute Gasteiger partial charge is 0.349 e. The number of nitrogens with zero attached hydrogens (tertiary/aromatic N) is 2. The van der Waals surface area contributed by atoms with Gasteiger partial charge in [-0.1, -0.05) is 30.3 Å². The van der Waals surface area contributed by atoms with E-state index in [4.69, 9.17) is 0 Å². The zero-order valence-corrected chi connectivity index (χ0v) is 16.6. The van der Waals surface area contributed by atoms with Crippen molar-refractivity contribution in [2.75, 3.05) is 13.1 Å². The van der Waals surface area contributed by atoms with Gasteiger partial charge in [0.25, 0.3) is 5.91 Å². The van der Waals surface area contributed by atoms with E-state index in [9.17, 15) is 13.2 Å². The van der Waals surface area contributed by atoms with E-state index >= 15 is 0 Å². The van der Waals surface area contributed by atoms with Gasteiger partial charge in [0.05, 0.1) is 16.8 Å². The van der Waals surface area contributed by atoms with Gasteiger partial charge >= 0.3 is 0 Å². The van der Waals surface area contributed by atoms with E-state index in [2.05, 4.69) is 21.7 Å². The van der Waals surface area contributed by atoms with Crippen LogP contribution in [0, 0.1) is 0 Å². The predicted octanol–water partition coefficient (Wildman–Crippen LogP) is 2.31. The Kier molecular flexibility index (Phi) is 6.58. The molecule has 1 heterocycles. The van der Waals surface area contributed by atoms with Gasteiger partial charge < -0.3 is 5.32 Å². The summed E-state index contributed by atoms with van der Waals surface area (Å²) in [6.45, 7) is 4.06. The number of carbonyl (C=O) groups is 1. The number of hydrogen-bond donors (Lipinski definition) is 2. The summed E-state index contributed by atoms with van der Waals surface area (Å²) in [7, 11) is -3.73. The molecule has 0 aliphatic heterocycles. The zero-order chi connectivity index (χ0) is 20.7. The number of rotatable bonds is 9. The third kappa shape index (κ3) is 5.40. The molecule has 0 saturated heterocycles. The average Bonchev–Trinajstić information content (AvgIpc) is 3.21. The number of nitrogens with one attached hydrogen (secondary N) is 2. The molecule has 2 N–H and O–H groups in total. The van der Waals surface area contributed by atoms with Gasteiger partial charge in [-0.2, -0.15) is 5.10 Å². The van der Waals surface area contributed by atoms with Crippen molar-refractivity contribution >= 4 is 15.9 Å². The van der Waals surface area contributed by atoms with Crippen LogP contribution in [0.5, 0.6) is 0 Å². The highest BCUT2D eigenvalue weighted by atomic mass is 32.2. The first kappa shape index (κ1) is 20.5. The SMILES string of the molecule is C=CCNC(=O)c1cccc(S(=O)(=O)NCCc2cnn(-c3ccccc3)c2)c1. The first-order valence-corrected chi connectivity index (χ1v) is 10.6. The monoisotopic (exact) mass is 410 g/mol. The third-order valence-electron chi connectivity index (χ3n) is 4.18. The van der Waals surface area contributed by atoms with Crippen LogP contribution in [-0.2, 0) is 16.4 Å². The molecule has 2 aromatic carbocycles. The lowest BCUT2D eigenvalue weighted by atomic mass is 10.2. The average molecular weight is 410 g/mol. The fourth-order valence-corrected chi connectivity index (χ4v) is 3.77. The van der Waals surface area contributed by atoms with Crippen LogP contribution in [0.4, 0.5) is 0 Å². The van der Waals surface area contributed by atoms with Crippen LogP contribution in [0.3, 0.4) is 0 Å². The normalized spacial score (nSPS) is 11.2. The molecule has 0 atom stereocenters. The minimum Gasteiger partial charge on any atom is -0.349 e. The lowest BCUT2D eigenvalue weighted by molar-refractivity contribution is 0.0958. The lowest BCUT2D eigenvalue weighted by Gasteiger charge is -2.08. The first-order valence-electron chi connectivity index (χ1n) is 9.07. The number of aromatic nitrogens is 2. The van der Waals surface area contributed by atoms with Gasteiger partial charge in [0.1, 0.15) is 0 Å². The molecule has 0 unspecified atom stereocenters. The summed E-state index contributed by atoms with van der Waals surface area (Å²) in [5.74, 6) is -0.352. The molecular weight excluding hydrogens is 388 g/mol. The molecule has 7 nitrogen and oxygen atoms in total.